The van der Waals surface area contributed by atoms with Gasteiger partial charge in [0.2, 0.25) is 0 Å². The first-order chi connectivity index (χ1) is 14.1. The summed E-state index contributed by atoms with van der Waals surface area (Å²) in [6, 6.07) is 21.9. The number of nitriles is 1. The van der Waals surface area contributed by atoms with E-state index in [4.69, 9.17) is 19.5 Å². The van der Waals surface area contributed by atoms with E-state index < -0.39 is 5.97 Å². The van der Waals surface area contributed by atoms with Crippen LogP contribution >= 0.6 is 0 Å². The van der Waals surface area contributed by atoms with E-state index in [2.05, 4.69) is 6.07 Å². The van der Waals surface area contributed by atoms with E-state index in [1.807, 2.05) is 24.3 Å². The summed E-state index contributed by atoms with van der Waals surface area (Å²) in [4.78, 5) is 12.2. The predicted octanol–water partition coefficient (Wildman–Crippen LogP) is 4.86. The SMILES string of the molecule is COc1ccc(OC)c(C=CC(=O)Oc2ccc(-c3ccc(C#N)cc3)cc2)c1. The summed E-state index contributed by atoms with van der Waals surface area (Å²) < 4.78 is 15.8. The van der Waals surface area contributed by atoms with Gasteiger partial charge in [-0.3, -0.25) is 0 Å². The number of rotatable bonds is 6. The molecule has 0 N–H and O–H groups in total. The Balaban J connectivity index is 1.68. The molecule has 3 aromatic carbocycles. The highest BCUT2D eigenvalue weighted by atomic mass is 16.5. The van der Waals surface area contributed by atoms with Crippen molar-refractivity contribution in [3.63, 3.8) is 0 Å². The van der Waals surface area contributed by atoms with Gasteiger partial charge in [0.15, 0.2) is 0 Å². The largest absolute Gasteiger partial charge is 0.497 e. The number of esters is 1. The van der Waals surface area contributed by atoms with E-state index in [-0.39, 0.29) is 0 Å². The lowest BCUT2D eigenvalue weighted by molar-refractivity contribution is -0.128. The Morgan fingerprint density at radius 3 is 2.07 bits per heavy atom. The highest BCUT2D eigenvalue weighted by Gasteiger charge is 2.05. The molecule has 144 valence electrons. The zero-order valence-corrected chi connectivity index (χ0v) is 16.1. The van der Waals surface area contributed by atoms with Crippen LogP contribution in [0.5, 0.6) is 17.2 Å². The smallest absolute Gasteiger partial charge is 0.336 e. The minimum absolute atomic E-state index is 0.439. The molecule has 0 amide bonds. The van der Waals surface area contributed by atoms with Gasteiger partial charge in [-0.25, -0.2) is 4.79 Å². The minimum Gasteiger partial charge on any atom is -0.497 e. The number of ether oxygens (including phenoxy) is 3. The van der Waals surface area contributed by atoms with Gasteiger partial charge in [0.1, 0.15) is 17.2 Å². The third-order valence-corrected chi connectivity index (χ3v) is 4.26. The minimum atomic E-state index is -0.499. The summed E-state index contributed by atoms with van der Waals surface area (Å²) in [5, 5.41) is 8.87. The fraction of sp³-hybridized carbons (Fsp3) is 0.0833. The molecule has 0 unspecified atom stereocenters. The number of methoxy groups -OCH3 is 2. The van der Waals surface area contributed by atoms with Crippen LogP contribution in [0, 0.1) is 11.3 Å². The average molecular weight is 385 g/mol. The number of carbonyl (C=O) groups is 1. The highest BCUT2D eigenvalue weighted by Crippen LogP contribution is 2.26. The van der Waals surface area contributed by atoms with Crippen LogP contribution in [0.3, 0.4) is 0 Å². The second kappa shape index (κ2) is 9.25. The zero-order chi connectivity index (χ0) is 20.6. The van der Waals surface area contributed by atoms with Gasteiger partial charge in [0, 0.05) is 11.6 Å². The van der Waals surface area contributed by atoms with Crippen molar-refractivity contribution in [3.8, 4) is 34.4 Å². The van der Waals surface area contributed by atoms with Gasteiger partial charge >= 0.3 is 5.97 Å². The monoisotopic (exact) mass is 385 g/mol. The number of nitrogens with zero attached hydrogens (tertiary/aromatic N) is 1. The maximum Gasteiger partial charge on any atom is 0.336 e. The van der Waals surface area contributed by atoms with Gasteiger partial charge in [-0.05, 0) is 59.7 Å². The lowest BCUT2D eigenvalue weighted by Crippen LogP contribution is -2.03. The maximum atomic E-state index is 12.2. The average Bonchev–Trinajstić information content (AvgIpc) is 2.78. The molecule has 0 atom stereocenters. The molecular formula is C24H19NO4. The van der Waals surface area contributed by atoms with Gasteiger partial charge in [-0.1, -0.05) is 24.3 Å². The third-order valence-electron chi connectivity index (χ3n) is 4.26. The van der Waals surface area contributed by atoms with Crippen LogP contribution in [-0.2, 0) is 4.79 Å². The Kier molecular flexibility index (Phi) is 6.29. The molecule has 0 saturated carbocycles. The molecule has 0 saturated heterocycles. The maximum absolute atomic E-state index is 12.2. The van der Waals surface area contributed by atoms with Crippen molar-refractivity contribution < 1.29 is 19.0 Å². The van der Waals surface area contributed by atoms with Gasteiger partial charge in [0.05, 0.1) is 25.9 Å². The fourth-order valence-corrected chi connectivity index (χ4v) is 2.73. The molecule has 0 aliphatic rings. The molecule has 0 bridgehead atoms. The molecule has 3 rings (SSSR count). The molecule has 29 heavy (non-hydrogen) atoms. The molecule has 0 fully saturated rings. The highest BCUT2D eigenvalue weighted by molar-refractivity contribution is 5.89. The second-order valence-electron chi connectivity index (χ2n) is 6.08. The molecule has 0 spiro atoms. The van der Waals surface area contributed by atoms with E-state index in [1.54, 1.807) is 62.8 Å². The Hall–Kier alpha value is -4.04. The van der Waals surface area contributed by atoms with Crippen LogP contribution in [0.2, 0.25) is 0 Å². The first kappa shape index (κ1) is 19.7. The topological polar surface area (TPSA) is 68.6 Å². The summed E-state index contributed by atoms with van der Waals surface area (Å²) in [6.07, 6.45) is 2.96. The number of hydrogen-bond acceptors (Lipinski definition) is 5. The standard InChI is InChI=1S/C24H19NO4/c1-27-22-12-13-23(28-2)20(15-22)9-14-24(26)29-21-10-7-19(8-11-21)18-5-3-17(16-25)4-6-18/h3-15H,1-2H3. The van der Waals surface area contributed by atoms with E-state index in [9.17, 15) is 4.79 Å². The van der Waals surface area contributed by atoms with Crippen LogP contribution in [0.25, 0.3) is 17.2 Å². The second-order valence-corrected chi connectivity index (χ2v) is 6.08. The third kappa shape index (κ3) is 5.02. The van der Waals surface area contributed by atoms with Crippen LogP contribution in [0.4, 0.5) is 0 Å². The Labute approximate surface area is 169 Å². The van der Waals surface area contributed by atoms with Crippen LogP contribution < -0.4 is 14.2 Å². The molecular weight excluding hydrogens is 366 g/mol. The number of carbonyl (C=O) groups excluding carboxylic acids is 1. The van der Waals surface area contributed by atoms with E-state index >= 15 is 0 Å². The summed E-state index contributed by atoms with van der Waals surface area (Å²) in [6.45, 7) is 0. The number of hydrogen-bond donors (Lipinski definition) is 0. The summed E-state index contributed by atoms with van der Waals surface area (Å²) in [5.41, 5.74) is 3.26. The first-order valence-electron chi connectivity index (χ1n) is 8.85. The van der Waals surface area contributed by atoms with E-state index in [0.29, 0.717) is 28.4 Å². The lowest BCUT2D eigenvalue weighted by Gasteiger charge is -2.07. The van der Waals surface area contributed by atoms with Crippen molar-refractivity contribution in [1.82, 2.24) is 0 Å². The Morgan fingerprint density at radius 1 is 0.862 bits per heavy atom. The summed E-state index contributed by atoms with van der Waals surface area (Å²) in [7, 11) is 3.14. The molecule has 5 heteroatoms. The van der Waals surface area contributed by atoms with Crippen molar-refractivity contribution in [3.05, 3.63) is 83.9 Å². The van der Waals surface area contributed by atoms with Gasteiger partial charge in [0.25, 0.3) is 0 Å². The number of benzene rings is 3. The van der Waals surface area contributed by atoms with Crippen molar-refractivity contribution in [2.75, 3.05) is 14.2 Å². The van der Waals surface area contributed by atoms with Crippen molar-refractivity contribution in [2.45, 2.75) is 0 Å². The quantitative estimate of drug-likeness (QED) is 0.344. The molecule has 0 aliphatic heterocycles. The summed E-state index contributed by atoms with van der Waals surface area (Å²) >= 11 is 0. The predicted molar refractivity (Wildman–Crippen MR) is 111 cm³/mol. The zero-order valence-electron chi connectivity index (χ0n) is 16.1. The molecule has 0 aliphatic carbocycles. The van der Waals surface area contributed by atoms with Gasteiger partial charge in [-0.15, -0.1) is 0 Å². The van der Waals surface area contributed by atoms with Crippen molar-refractivity contribution in [1.29, 1.82) is 5.26 Å². The first-order valence-corrected chi connectivity index (χ1v) is 8.85. The molecule has 5 nitrogen and oxygen atoms in total. The molecule has 3 aromatic rings. The lowest BCUT2D eigenvalue weighted by atomic mass is 10.0. The molecule has 0 aromatic heterocycles. The van der Waals surface area contributed by atoms with Crippen molar-refractivity contribution >= 4 is 12.0 Å². The van der Waals surface area contributed by atoms with Crippen LogP contribution in [-0.4, -0.2) is 20.2 Å². The molecule has 0 heterocycles. The van der Waals surface area contributed by atoms with Crippen LogP contribution in [0.1, 0.15) is 11.1 Å². The van der Waals surface area contributed by atoms with Gasteiger partial charge < -0.3 is 14.2 Å². The normalized spacial score (nSPS) is 10.4. The summed E-state index contributed by atoms with van der Waals surface area (Å²) in [5.74, 6) is 1.23. The fourth-order valence-electron chi connectivity index (χ4n) is 2.73. The van der Waals surface area contributed by atoms with Crippen molar-refractivity contribution in [2.24, 2.45) is 0 Å². The Morgan fingerprint density at radius 2 is 1.48 bits per heavy atom. The Bertz CT molecular complexity index is 1060. The van der Waals surface area contributed by atoms with Gasteiger partial charge in [-0.2, -0.15) is 5.26 Å². The van der Waals surface area contributed by atoms with E-state index in [0.717, 1.165) is 11.1 Å². The molecule has 0 radical (unpaired) electrons. The van der Waals surface area contributed by atoms with E-state index in [1.165, 1.54) is 6.08 Å². The van der Waals surface area contributed by atoms with Crippen LogP contribution in [0.15, 0.2) is 72.8 Å².